The fourth-order valence-corrected chi connectivity index (χ4v) is 3.54. The van der Waals surface area contributed by atoms with Gasteiger partial charge in [0.25, 0.3) is 0 Å². The highest BCUT2D eigenvalue weighted by Gasteiger charge is 2.38. The van der Waals surface area contributed by atoms with Crippen LogP contribution in [-0.4, -0.2) is 25.0 Å². The summed E-state index contributed by atoms with van der Waals surface area (Å²) in [6.45, 7) is 3.01. The summed E-state index contributed by atoms with van der Waals surface area (Å²) >= 11 is 0. The van der Waals surface area contributed by atoms with E-state index >= 15 is 0 Å². The van der Waals surface area contributed by atoms with Gasteiger partial charge in [0, 0.05) is 7.05 Å². The zero-order valence-electron chi connectivity index (χ0n) is 14.6. The first-order valence-corrected chi connectivity index (χ1v) is 8.76. The van der Waals surface area contributed by atoms with Crippen LogP contribution >= 0.6 is 0 Å². The van der Waals surface area contributed by atoms with Crippen LogP contribution in [0.5, 0.6) is 0 Å². The smallest absolute Gasteiger partial charge is 0.240 e. The van der Waals surface area contributed by atoms with Crippen molar-refractivity contribution in [3.63, 3.8) is 0 Å². The molecular weight excluding hydrogens is 296 g/mol. The van der Waals surface area contributed by atoms with E-state index in [0.717, 1.165) is 32.2 Å². The second kappa shape index (κ2) is 7.18. The van der Waals surface area contributed by atoms with Crippen LogP contribution in [0.2, 0.25) is 0 Å². The third-order valence-corrected chi connectivity index (χ3v) is 5.00. The number of benzene rings is 2. The molecule has 2 N–H and O–H groups in total. The predicted molar refractivity (Wildman–Crippen MR) is 99.0 cm³/mol. The van der Waals surface area contributed by atoms with Crippen molar-refractivity contribution in [2.45, 2.75) is 38.1 Å². The van der Waals surface area contributed by atoms with Gasteiger partial charge < -0.3 is 10.6 Å². The third-order valence-electron chi connectivity index (χ3n) is 5.00. The lowest BCUT2D eigenvalue weighted by Gasteiger charge is -2.36. The molecule has 0 radical (unpaired) electrons. The molecule has 126 valence electrons. The van der Waals surface area contributed by atoms with E-state index in [-0.39, 0.29) is 5.91 Å². The van der Waals surface area contributed by atoms with Crippen LogP contribution < -0.4 is 10.6 Å². The van der Waals surface area contributed by atoms with Crippen molar-refractivity contribution < 1.29 is 4.79 Å². The minimum Gasteiger partial charge on any atom is -0.358 e. The summed E-state index contributed by atoms with van der Waals surface area (Å²) in [6, 6.07) is 17.2. The van der Waals surface area contributed by atoms with E-state index in [1.807, 2.05) is 0 Å². The lowest BCUT2D eigenvalue weighted by atomic mass is 9.82. The zero-order chi connectivity index (χ0) is 17.0. The molecule has 1 amide bonds. The quantitative estimate of drug-likeness (QED) is 0.905. The van der Waals surface area contributed by atoms with Crippen molar-refractivity contribution in [1.29, 1.82) is 0 Å². The first-order valence-electron chi connectivity index (χ1n) is 8.76. The summed E-state index contributed by atoms with van der Waals surface area (Å²) in [5, 5.41) is 6.31. The molecule has 1 fully saturated rings. The van der Waals surface area contributed by atoms with Crippen molar-refractivity contribution in [3.8, 4) is 11.1 Å². The molecule has 0 aliphatic carbocycles. The Hall–Kier alpha value is -2.13. The van der Waals surface area contributed by atoms with Gasteiger partial charge in [-0.05, 0) is 55.8 Å². The molecule has 3 rings (SSSR count). The van der Waals surface area contributed by atoms with Gasteiger partial charge in [0.15, 0.2) is 0 Å². The van der Waals surface area contributed by atoms with Crippen molar-refractivity contribution >= 4 is 5.91 Å². The fraction of sp³-hybridized carbons (Fsp3) is 0.381. The average Bonchev–Trinajstić information content (AvgIpc) is 2.63. The zero-order valence-corrected chi connectivity index (χ0v) is 14.6. The summed E-state index contributed by atoms with van der Waals surface area (Å²) in [6.07, 6.45) is 3.88. The maximum atomic E-state index is 12.4. The van der Waals surface area contributed by atoms with Crippen LogP contribution in [0.3, 0.4) is 0 Å². The topological polar surface area (TPSA) is 41.1 Å². The Bertz CT molecular complexity index is 683. The number of amides is 1. The van der Waals surface area contributed by atoms with E-state index in [9.17, 15) is 4.79 Å². The molecule has 1 heterocycles. The number of nitrogens with one attached hydrogen (secondary N) is 2. The van der Waals surface area contributed by atoms with Gasteiger partial charge >= 0.3 is 0 Å². The minimum absolute atomic E-state index is 0.102. The number of carbonyl (C=O) groups excluding carboxylic acids is 1. The maximum absolute atomic E-state index is 12.4. The van der Waals surface area contributed by atoms with Gasteiger partial charge in [-0.2, -0.15) is 0 Å². The summed E-state index contributed by atoms with van der Waals surface area (Å²) in [5.74, 6) is 0.102. The van der Waals surface area contributed by atoms with Gasteiger partial charge in [-0.25, -0.2) is 0 Å². The summed E-state index contributed by atoms with van der Waals surface area (Å²) in [7, 11) is 1.72. The maximum Gasteiger partial charge on any atom is 0.240 e. The molecule has 3 nitrogen and oxygen atoms in total. The molecule has 1 aliphatic heterocycles. The lowest BCUT2D eigenvalue weighted by Crippen LogP contribution is -2.59. The number of aryl methyl sites for hydroxylation is 1. The highest BCUT2D eigenvalue weighted by molar-refractivity contribution is 5.86. The first kappa shape index (κ1) is 16.7. The van der Waals surface area contributed by atoms with Gasteiger partial charge in [-0.15, -0.1) is 0 Å². The SMILES string of the molecule is CNC(=O)C1(Cc2ccc(-c3ccc(C)cc3)cc2)CCCCN1. The first-order chi connectivity index (χ1) is 11.6. The lowest BCUT2D eigenvalue weighted by molar-refractivity contribution is -0.128. The van der Waals surface area contributed by atoms with Crippen molar-refractivity contribution in [3.05, 3.63) is 59.7 Å². The molecule has 0 bridgehead atoms. The summed E-state index contributed by atoms with van der Waals surface area (Å²) < 4.78 is 0. The molecule has 2 aromatic rings. The van der Waals surface area contributed by atoms with Gasteiger partial charge in [0.05, 0.1) is 0 Å². The van der Waals surface area contributed by atoms with E-state index in [2.05, 4.69) is 66.1 Å². The van der Waals surface area contributed by atoms with Gasteiger partial charge in [0.1, 0.15) is 5.54 Å². The molecule has 0 saturated carbocycles. The molecule has 2 aromatic carbocycles. The summed E-state index contributed by atoms with van der Waals surface area (Å²) in [5.41, 5.74) is 4.45. The number of carbonyl (C=O) groups is 1. The third kappa shape index (κ3) is 3.51. The fourth-order valence-electron chi connectivity index (χ4n) is 3.54. The Morgan fingerprint density at radius 3 is 2.21 bits per heavy atom. The molecule has 1 saturated heterocycles. The van der Waals surface area contributed by atoms with Crippen LogP contribution in [0, 0.1) is 6.92 Å². The molecule has 3 heteroatoms. The summed E-state index contributed by atoms with van der Waals surface area (Å²) in [4.78, 5) is 12.4. The molecular formula is C21H26N2O. The second-order valence-corrected chi connectivity index (χ2v) is 6.78. The van der Waals surface area contributed by atoms with E-state index in [4.69, 9.17) is 0 Å². The highest BCUT2D eigenvalue weighted by atomic mass is 16.2. The number of rotatable bonds is 4. The van der Waals surface area contributed by atoms with E-state index in [0.29, 0.717) is 0 Å². The van der Waals surface area contributed by atoms with Crippen LogP contribution in [0.1, 0.15) is 30.4 Å². The van der Waals surface area contributed by atoms with Crippen LogP contribution in [0.15, 0.2) is 48.5 Å². The van der Waals surface area contributed by atoms with Crippen molar-refractivity contribution in [2.75, 3.05) is 13.6 Å². The van der Waals surface area contributed by atoms with Crippen LogP contribution in [0.4, 0.5) is 0 Å². The highest BCUT2D eigenvalue weighted by Crippen LogP contribution is 2.26. The van der Waals surface area contributed by atoms with Crippen LogP contribution in [-0.2, 0) is 11.2 Å². The van der Waals surface area contributed by atoms with Gasteiger partial charge in [-0.3, -0.25) is 4.79 Å². The number of piperidine rings is 1. The van der Waals surface area contributed by atoms with E-state index in [1.54, 1.807) is 7.05 Å². The predicted octanol–water partition coefficient (Wildman–Crippen LogP) is 3.46. The van der Waals surface area contributed by atoms with E-state index < -0.39 is 5.54 Å². The number of hydrogen-bond acceptors (Lipinski definition) is 2. The normalized spacial score (nSPS) is 20.6. The second-order valence-electron chi connectivity index (χ2n) is 6.78. The Morgan fingerprint density at radius 2 is 1.67 bits per heavy atom. The number of likely N-dealkylation sites (N-methyl/N-ethyl adjacent to an activating group) is 1. The largest absolute Gasteiger partial charge is 0.358 e. The molecule has 1 aliphatic rings. The van der Waals surface area contributed by atoms with Crippen molar-refractivity contribution in [1.82, 2.24) is 10.6 Å². The Labute approximate surface area is 144 Å². The van der Waals surface area contributed by atoms with Crippen molar-refractivity contribution in [2.24, 2.45) is 0 Å². The number of hydrogen-bond donors (Lipinski definition) is 2. The Morgan fingerprint density at radius 1 is 1.04 bits per heavy atom. The van der Waals surface area contributed by atoms with Gasteiger partial charge in [-0.1, -0.05) is 54.1 Å². The Kier molecular flexibility index (Phi) is 5.00. The molecule has 24 heavy (non-hydrogen) atoms. The van der Waals surface area contributed by atoms with E-state index in [1.165, 1.54) is 22.3 Å². The standard InChI is InChI=1S/C21H26N2O/c1-16-5-9-18(10-6-16)19-11-7-17(8-12-19)15-21(20(24)22-2)13-3-4-14-23-21/h5-12,23H,3-4,13-15H2,1-2H3,(H,22,24). The van der Waals surface area contributed by atoms with Gasteiger partial charge in [0.2, 0.25) is 5.91 Å². The molecule has 1 unspecified atom stereocenters. The Balaban J connectivity index is 1.79. The molecule has 1 atom stereocenters. The minimum atomic E-state index is -0.460. The van der Waals surface area contributed by atoms with Crippen LogP contribution in [0.25, 0.3) is 11.1 Å². The average molecular weight is 322 g/mol. The molecule has 0 aromatic heterocycles. The monoisotopic (exact) mass is 322 g/mol. The molecule has 0 spiro atoms.